The minimum absolute atomic E-state index is 0.0158. The molecular weight excluding hydrogens is 376 g/mol. The number of aryl methyl sites for hydroxylation is 1. The highest BCUT2D eigenvalue weighted by Crippen LogP contribution is 2.32. The van der Waals surface area contributed by atoms with Crippen LogP contribution >= 0.6 is 0 Å². The van der Waals surface area contributed by atoms with Crippen molar-refractivity contribution >= 4 is 29.3 Å². The van der Waals surface area contributed by atoms with Crippen molar-refractivity contribution in [3.63, 3.8) is 0 Å². The molecule has 2 aromatic rings. The Morgan fingerprint density at radius 2 is 2.07 bits per heavy atom. The summed E-state index contributed by atoms with van der Waals surface area (Å²) in [4.78, 5) is 56.6. The predicted molar refractivity (Wildman–Crippen MR) is 101 cm³/mol. The zero-order valence-electron chi connectivity index (χ0n) is 16.1. The third kappa shape index (κ3) is 3.39. The van der Waals surface area contributed by atoms with Gasteiger partial charge in [-0.25, -0.2) is 4.98 Å². The lowest BCUT2D eigenvalue weighted by Crippen LogP contribution is -2.58. The number of fused-ring (bicyclic) bond motifs is 1. The van der Waals surface area contributed by atoms with E-state index in [1.807, 2.05) is 11.9 Å². The molecule has 9 heteroatoms. The number of benzene rings is 1. The van der Waals surface area contributed by atoms with Gasteiger partial charge in [0.25, 0.3) is 5.91 Å². The van der Waals surface area contributed by atoms with Gasteiger partial charge in [-0.15, -0.1) is 0 Å². The summed E-state index contributed by atoms with van der Waals surface area (Å²) in [6.07, 6.45) is 1.86. The van der Waals surface area contributed by atoms with E-state index >= 15 is 0 Å². The molecule has 1 aromatic heterocycles. The average Bonchev–Trinajstić information content (AvgIpc) is 3.07. The molecule has 1 fully saturated rings. The number of hydrogen-bond donors (Lipinski definition) is 1. The highest BCUT2D eigenvalue weighted by molar-refractivity contribution is 6.15. The largest absolute Gasteiger partial charge is 0.444 e. The van der Waals surface area contributed by atoms with Crippen LogP contribution in [0.2, 0.25) is 0 Å². The number of nitrogens with zero attached hydrogens (tertiary/aromatic N) is 3. The van der Waals surface area contributed by atoms with E-state index in [1.165, 1.54) is 0 Å². The smallest absolute Gasteiger partial charge is 0.263 e. The Hall–Kier alpha value is -3.49. The van der Waals surface area contributed by atoms with Gasteiger partial charge in [0.15, 0.2) is 5.89 Å². The number of oxazole rings is 1. The van der Waals surface area contributed by atoms with Gasteiger partial charge < -0.3 is 9.32 Å². The van der Waals surface area contributed by atoms with Crippen molar-refractivity contribution in [2.45, 2.75) is 38.8 Å². The second-order valence-corrected chi connectivity index (χ2v) is 7.23. The van der Waals surface area contributed by atoms with E-state index in [1.54, 1.807) is 31.3 Å². The van der Waals surface area contributed by atoms with Crippen LogP contribution in [0, 0.1) is 6.92 Å². The van der Waals surface area contributed by atoms with Crippen molar-refractivity contribution < 1.29 is 23.6 Å². The molecule has 0 bridgehead atoms. The summed E-state index contributed by atoms with van der Waals surface area (Å²) in [6, 6.07) is 4.34. The molecule has 1 saturated heterocycles. The fraction of sp³-hybridized carbons (Fsp3) is 0.350. The van der Waals surface area contributed by atoms with Crippen LogP contribution < -0.4 is 10.2 Å². The molecular formula is C20H20N4O5. The van der Waals surface area contributed by atoms with E-state index < -0.39 is 29.7 Å². The third-order valence-electron chi connectivity index (χ3n) is 5.17. The summed E-state index contributed by atoms with van der Waals surface area (Å²) in [5.41, 5.74) is 1.63. The number of amides is 4. The summed E-state index contributed by atoms with van der Waals surface area (Å²) in [5, 5.41) is 2.21. The van der Waals surface area contributed by atoms with Crippen molar-refractivity contribution in [2.75, 3.05) is 11.9 Å². The molecule has 3 heterocycles. The number of aromatic nitrogens is 1. The molecule has 4 amide bonds. The second-order valence-electron chi connectivity index (χ2n) is 7.23. The average molecular weight is 396 g/mol. The van der Waals surface area contributed by atoms with Crippen LogP contribution in [0.25, 0.3) is 0 Å². The quantitative estimate of drug-likeness (QED) is 0.766. The topological polar surface area (TPSA) is 113 Å². The van der Waals surface area contributed by atoms with Gasteiger partial charge in [0.1, 0.15) is 11.8 Å². The summed E-state index contributed by atoms with van der Waals surface area (Å²) in [7, 11) is 1.81. The number of carbonyl (C=O) groups excluding carboxylic acids is 4. The van der Waals surface area contributed by atoms with Crippen LogP contribution in [0.3, 0.4) is 0 Å². The monoisotopic (exact) mass is 396 g/mol. The first-order chi connectivity index (χ1) is 13.8. The van der Waals surface area contributed by atoms with Crippen LogP contribution in [0.1, 0.15) is 40.4 Å². The lowest BCUT2D eigenvalue weighted by molar-refractivity contribution is -0.143. The maximum absolute atomic E-state index is 13.3. The fourth-order valence-corrected chi connectivity index (χ4v) is 3.82. The number of hydrogen-bond acceptors (Lipinski definition) is 7. The van der Waals surface area contributed by atoms with Crippen molar-refractivity contribution in [2.24, 2.45) is 0 Å². The first-order valence-electron chi connectivity index (χ1n) is 9.29. The summed E-state index contributed by atoms with van der Waals surface area (Å²) in [5.74, 6) is -0.788. The zero-order chi connectivity index (χ0) is 20.7. The van der Waals surface area contributed by atoms with Gasteiger partial charge in [0.2, 0.25) is 17.7 Å². The number of piperidine rings is 1. The van der Waals surface area contributed by atoms with E-state index in [-0.39, 0.29) is 19.3 Å². The SMILES string of the molecule is Cc1ncc(CN(C)c2cccc3c2C(=O)N(C2CCC(=O)NC2=O)C(=O)C3)o1. The highest BCUT2D eigenvalue weighted by Gasteiger charge is 2.42. The van der Waals surface area contributed by atoms with Gasteiger partial charge in [-0.05, 0) is 18.1 Å². The molecule has 1 N–H and O–H groups in total. The Morgan fingerprint density at radius 1 is 1.28 bits per heavy atom. The normalized spacial score (nSPS) is 19.2. The van der Waals surface area contributed by atoms with Crippen molar-refractivity contribution in [3.8, 4) is 0 Å². The Balaban J connectivity index is 1.67. The minimum Gasteiger partial charge on any atom is -0.444 e. The second kappa shape index (κ2) is 7.16. The first kappa shape index (κ1) is 18.9. The van der Waals surface area contributed by atoms with Crippen molar-refractivity contribution in [1.82, 2.24) is 15.2 Å². The molecule has 1 atom stereocenters. The number of imide groups is 2. The summed E-state index contributed by atoms with van der Waals surface area (Å²) in [6.45, 7) is 2.14. The Labute approximate surface area is 166 Å². The van der Waals surface area contributed by atoms with Gasteiger partial charge in [-0.2, -0.15) is 0 Å². The van der Waals surface area contributed by atoms with Crippen molar-refractivity contribution in [1.29, 1.82) is 0 Å². The van der Waals surface area contributed by atoms with E-state index in [0.717, 1.165) is 4.90 Å². The first-order valence-corrected chi connectivity index (χ1v) is 9.29. The molecule has 1 aromatic carbocycles. The molecule has 0 saturated carbocycles. The Morgan fingerprint density at radius 3 is 2.76 bits per heavy atom. The Bertz CT molecular complexity index is 1030. The van der Waals surface area contributed by atoms with E-state index in [2.05, 4.69) is 10.3 Å². The molecule has 0 aliphatic carbocycles. The molecule has 150 valence electrons. The van der Waals surface area contributed by atoms with Crippen LogP contribution in [-0.2, 0) is 27.3 Å². The van der Waals surface area contributed by atoms with Gasteiger partial charge in [-0.1, -0.05) is 12.1 Å². The van der Waals surface area contributed by atoms with Crippen molar-refractivity contribution in [3.05, 3.63) is 47.2 Å². The van der Waals surface area contributed by atoms with E-state index in [4.69, 9.17) is 4.42 Å². The van der Waals surface area contributed by atoms with E-state index in [9.17, 15) is 19.2 Å². The lowest BCUT2D eigenvalue weighted by atomic mass is 9.93. The van der Waals surface area contributed by atoms with Crippen LogP contribution in [0.4, 0.5) is 5.69 Å². The maximum atomic E-state index is 13.3. The Kier molecular flexibility index (Phi) is 4.65. The number of anilines is 1. The van der Waals surface area contributed by atoms with Gasteiger partial charge in [0, 0.05) is 26.1 Å². The summed E-state index contributed by atoms with van der Waals surface area (Å²) < 4.78 is 5.52. The van der Waals surface area contributed by atoms with Crippen LogP contribution in [0.15, 0.2) is 28.8 Å². The number of carbonyl (C=O) groups is 4. The van der Waals surface area contributed by atoms with Gasteiger partial charge >= 0.3 is 0 Å². The minimum atomic E-state index is -0.976. The predicted octanol–water partition coefficient (Wildman–Crippen LogP) is 0.950. The molecule has 1 unspecified atom stereocenters. The standard InChI is InChI=1S/C20H20N4O5/c1-11-21-9-13(29-11)10-23(2)14-5-3-4-12-8-17(26)24(20(28)18(12)14)15-6-7-16(25)22-19(15)27/h3-5,9,15H,6-8,10H2,1-2H3,(H,22,25,27). The zero-order valence-corrected chi connectivity index (χ0v) is 16.1. The lowest BCUT2D eigenvalue weighted by Gasteiger charge is -2.36. The molecule has 9 nitrogen and oxygen atoms in total. The number of nitrogens with one attached hydrogen (secondary N) is 1. The maximum Gasteiger partial charge on any atom is 0.263 e. The number of rotatable bonds is 4. The fourth-order valence-electron chi connectivity index (χ4n) is 3.82. The van der Waals surface area contributed by atoms with E-state index in [0.29, 0.717) is 35.0 Å². The summed E-state index contributed by atoms with van der Waals surface area (Å²) >= 11 is 0. The molecule has 29 heavy (non-hydrogen) atoms. The molecule has 4 rings (SSSR count). The highest BCUT2D eigenvalue weighted by atomic mass is 16.4. The molecule has 2 aliphatic heterocycles. The van der Waals surface area contributed by atoms with Gasteiger partial charge in [-0.3, -0.25) is 29.4 Å². The van der Waals surface area contributed by atoms with Gasteiger partial charge in [0.05, 0.1) is 24.7 Å². The third-order valence-corrected chi connectivity index (χ3v) is 5.17. The molecule has 0 spiro atoms. The molecule has 0 radical (unpaired) electrons. The molecule has 2 aliphatic rings. The van der Waals surface area contributed by atoms with Crippen LogP contribution in [0.5, 0.6) is 0 Å². The van der Waals surface area contributed by atoms with Crippen LogP contribution in [-0.4, -0.2) is 46.6 Å².